The lowest BCUT2D eigenvalue weighted by atomic mass is 9.80. The first-order valence-corrected chi connectivity index (χ1v) is 8.07. The van der Waals surface area contributed by atoms with Crippen molar-refractivity contribution < 1.29 is 0 Å². The number of benzene rings is 2. The highest BCUT2D eigenvalue weighted by molar-refractivity contribution is 5.34. The van der Waals surface area contributed by atoms with Crippen LogP contribution < -0.4 is 5.32 Å². The molecule has 0 radical (unpaired) electrons. The maximum atomic E-state index is 3.77. The molecule has 0 aliphatic carbocycles. The fraction of sp³-hybridized carbons (Fsp3) is 0.400. The summed E-state index contributed by atoms with van der Waals surface area (Å²) >= 11 is 0. The van der Waals surface area contributed by atoms with Gasteiger partial charge in [0.2, 0.25) is 0 Å². The monoisotopic (exact) mass is 281 g/mol. The minimum Gasteiger partial charge on any atom is -0.313 e. The highest BCUT2D eigenvalue weighted by Gasteiger charge is 2.26. The number of hydrogen-bond donors (Lipinski definition) is 1. The second-order valence-corrected chi connectivity index (χ2v) is 6.02. The molecule has 1 atom stereocenters. The van der Waals surface area contributed by atoms with Gasteiger partial charge in [-0.2, -0.15) is 0 Å². The molecule has 2 rings (SSSR count). The smallest absolute Gasteiger partial charge is 0.0245 e. The van der Waals surface area contributed by atoms with E-state index in [1.54, 1.807) is 0 Å². The van der Waals surface area contributed by atoms with Gasteiger partial charge in [0.1, 0.15) is 0 Å². The second kappa shape index (κ2) is 7.99. The summed E-state index contributed by atoms with van der Waals surface area (Å²) in [6.07, 6.45) is 1.17. The van der Waals surface area contributed by atoms with E-state index in [2.05, 4.69) is 86.8 Å². The SMILES string of the molecule is CCCNC(C(C)C)C(c1ccccc1)c1ccccc1. The maximum absolute atomic E-state index is 3.77. The number of rotatable bonds is 7. The largest absolute Gasteiger partial charge is 0.313 e. The van der Waals surface area contributed by atoms with Crippen LogP contribution in [0.25, 0.3) is 0 Å². The van der Waals surface area contributed by atoms with Gasteiger partial charge >= 0.3 is 0 Å². The molecule has 1 nitrogen and oxygen atoms in total. The summed E-state index contributed by atoms with van der Waals surface area (Å²) in [6.45, 7) is 7.92. The topological polar surface area (TPSA) is 12.0 Å². The molecule has 2 aromatic carbocycles. The summed E-state index contributed by atoms with van der Waals surface area (Å²) in [4.78, 5) is 0. The molecule has 21 heavy (non-hydrogen) atoms. The lowest BCUT2D eigenvalue weighted by molar-refractivity contribution is 0.366. The molecular formula is C20H27N. The van der Waals surface area contributed by atoms with Gasteiger partial charge in [0.05, 0.1) is 0 Å². The minimum atomic E-state index is 0.402. The van der Waals surface area contributed by atoms with Gasteiger partial charge in [0.25, 0.3) is 0 Å². The molecule has 0 amide bonds. The van der Waals surface area contributed by atoms with Crippen molar-refractivity contribution in [1.29, 1.82) is 0 Å². The average molecular weight is 281 g/mol. The van der Waals surface area contributed by atoms with E-state index >= 15 is 0 Å². The molecule has 0 saturated carbocycles. The predicted molar refractivity (Wildman–Crippen MR) is 91.6 cm³/mol. The molecule has 0 aromatic heterocycles. The van der Waals surface area contributed by atoms with Crippen molar-refractivity contribution in [2.75, 3.05) is 6.54 Å². The molecule has 0 saturated heterocycles. The van der Waals surface area contributed by atoms with E-state index < -0.39 is 0 Å². The van der Waals surface area contributed by atoms with Crippen LogP contribution in [0, 0.1) is 5.92 Å². The molecule has 1 heteroatoms. The highest BCUT2D eigenvalue weighted by Crippen LogP contribution is 2.31. The van der Waals surface area contributed by atoms with Crippen molar-refractivity contribution in [3.8, 4) is 0 Å². The Morgan fingerprint density at radius 2 is 1.29 bits per heavy atom. The summed E-state index contributed by atoms with van der Waals surface area (Å²) in [5, 5.41) is 3.77. The zero-order valence-corrected chi connectivity index (χ0v) is 13.4. The zero-order chi connectivity index (χ0) is 15.1. The third kappa shape index (κ3) is 4.18. The summed E-state index contributed by atoms with van der Waals surface area (Å²) in [5.41, 5.74) is 2.79. The third-order valence-corrected chi connectivity index (χ3v) is 4.02. The van der Waals surface area contributed by atoms with Crippen molar-refractivity contribution >= 4 is 0 Å². The first-order chi connectivity index (χ1) is 10.2. The predicted octanol–water partition coefficient (Wildman–Crippen LogP) is 4.84. The Morgan fingerprint density at radius 3 is 1.67 bits per heavy atom. The number of hydrogen-bond acceptors (Lipinski definition) is 1. The van der Waals surface area contributed by atoms with Gasteiger partial charge in [-0.05, 0) is 30.0 Å². The molecule has 0 heterocycles. The highest BCUT2D eigenvalue weighted by atomic mass is 14.9. The van der Waals surface area contributed by atoms with Gasteiger partial charge < -0.3 is 5.32 Å². The van der Waals surface area contributed by atoms with Crippen molar-refractivity contribution in [3.05, 3.63) is 71.8 Å². The molecule has 0 spiro atoms. The van der Waals surface area contributed by atoms with Crippen LogP contribution in [0.5, 0.6) is 0 Å². The van der Waals surface area contributed by atoms with E-state index in [1.165, 1.54) is 17.5 Å². The van der Waals surface area contributed by atoms with Crippen LogP contribution in [0.1, 0.15) is 44.2 Å². The molecule has 0 fully saturated rings. The second-order valence-electron chi connectivity index (χ2n) is 6.02. The Balaban J connectivity index is 2.39. The van der Waals surface area contributed by atoms with Crippen LogP contribution >= 0.6 is 0 Å². The third-order valence-electron chi connectivity index (χ3n) is 4.02. The van der Waals surface area contributed by atoms with E-state index in [0.717, 1.165) is 6.54 Å². The fourth-order valence-corrected chi connectivity index (χ4v) is 2.98. The summed E-state index contributed by atoms with van der Waals surface area (Å²) in [7, 11) is 0. The molecule has 0 bridgehead atoms. The quantitative estimate of drug-likeness (QED) is 0.765. The van der Waals surface area contributed by atoms with E-state index in [9.17, 15) is 0 Å². The Kier molecular flexibility index (Phi) is 6.01. The van der Waals surface area contributed by atoms with Crippen molar-refractivity contribution in [3.63, 3.8) is 0 Å². The Morgan fingerprint density at radius 1 is 0.810 bits per heavy atom. The normalized spacial score (nSPS) is 12.8. The van der Waals surface area contributed by atoms with Gasteiger partial charge in [0.15, 0.2) is 0 Å². The van der Waals surface area contributed by atoms with E-state index in [0.29, 0.717) is 17.9 Å². The molecule has 112 valence electrons. The lowest BCUT2D eigenvalue weighted by Crippen LogP contribution is -2.40. The van der Waals surface area contributed by atoms with Crippen molar-refractivity contribution in [2.45, 2.75) is 39.2 Å². The molecule has 1 unspecified atom stereocenters. The van der Waals surface area contributed by atoms with Crippen molar-refractivity contribution in [2.24, 2.45) is 5.92 Å². The Labute approximate surface area is 129 Å². The van der Waals surface area contributed by atoms with Crippen LogP contribution in [-0.4, -0.2) is 12.6 Å². The molecular weight excluding hydrogens is 254 g/mol. The van der Waals surface area contributed by atoms with E-state index in [-0.39, 0.29) is 0 Å². The van der Waals surface area contributed by atoms with Gasteiger partial charge in [-0.25, -0.2) is 0 Å². The standard InChI is InChI=1S/C20H27N/c1-4-15-21-20(16(2)3)19(17-11-7-5-8-12-17)18-13-9-6-10-14-18/h5-14,16,19-21H,4,15H2,1-3H3. The van der Waals surface area contributed by atoms with Gasteiger partial charge in [-0.1, -0.05) is 81.4 Å². The molecule has 0 aliphatic heterocycles. The van der Waals surface area contributed by atoms with Crippen LogP contribution in [0.3, 0.4) is 0 Å². The van der Waals surface area contributed by atoms with Gasteiger partial charge in [0, 0.05) is 12.0 Å². The fourth-order valence-electron chi connectivity index (χ4n) is 2.98. The van der Waals surface area contributed by atoms with E-state index in [1.807, 2.05) is 0 Å². The van der Waals surface area contributed by atoms with E-state index in [4.69, 9.17) is 0 Å². The Bertz CT molecular complexity index is 464. The molecule has 1 N–H and O–H groups in total. The molecule has 0 aliphatic rings. The van der Waals surface area contributed by atoms with Gasteiger partial charge in [-0.3, -0.25) is 0 Å². The minimum absolute atomic E-state index is 0.402. The van der Waals surface area contributed by atoms with Crippen LogP contribution in [0.4, 0.5) is 0 Å². The summed E-state index contributed by atoms with van der Waals surface area (Å²) in [6, 6.07) is 22.2. The van der Waals surface area contributed by atoms with Crippen molar-refractivity contribution in [1.82, 2.24) is 5.32 Å². The first-order valence-electron chi connectivity index (χ1n) is 8.07. The summed E-state index contributed by atoms with van der Waals surface area (Å²) in [5.74, 6) is 0.987. The van der Waals surface area contributed by atoms with Crippen LogP contribution in [-0.2, 0) is 0 Å². The first kappa shape index (κ1) is 15.8. The average Bonchev–Trinajstić information content (AvgIpc) is 2.53. The summed E-state index contributed by atoms with van der Waals surface area (Å²) < 4.78 is 0. The number of nitrogens with one attached hydrogen (secondary N) is 1. The lowest BCUT2D eigenvalue weighted by Gasteiger charge is -2.32. The van der Waals surface area contributed by atoms with Gasteiger partial charge in [-0.15, -0.1) is 0 Å². The van der Waals surface area contributed by atoms with Crippen LogP contribution in [0.15, 0.2) is 60.7 Å². The van der Waals surface area contributed by atoms with Crippen LogP contribution in [0.2, 0.25) is 0 Å². The molecule has 2 aromatic rings. The Hall–Kier alpha value is -1.60. The maximum Gasteiger partial charge on any atom is 0.0245 e. The zero-order valence-electron chi connectivity index (χ0n) is 13.4.